The van der Waals surface area contributed by atoms with Crippen molar-refractivity contribution >= 4 is 66.7 Å². The highest BCUT2D eigenvalue weighted by molar-refractivity contribution is 9.11. The highest BCUT2D eigenvalue weighted by atomic mass is 79.9. The van der Waals surface area contributed by atoms with Crippen LogP contribution >= 0.6 is 55.1 Å². The molecule has 2 rings (SSSR count). The van der Waals surface area contributed by atoms with Gasteiger partial charge in [0.05, 0.1) is 15.2 Å². The summed E-state index contributed by atoms with van der Waals surface area (Å²) in [6.07, 6.45) is -0.701. The Morgan fingerprint density at radius 2 is 1.91 bits per heavy atom. The number of anilines is 1. The molecule has 7 heteroatoms. The molecule has 0 aliphatic heterocycles. The minimum absolute atomic E-state index is 0.320. The molecule has 0 heterocycles. The van der Waals surface area contributed by atoms with Gasteiger partial charge in [0.1, 0.15) is 5.75 Å². The lowest BCUT2D eigenvalue weighted by atomic mass is 10.3. The molecule has 0 saturated carbocycles. The van der Waals surface area contributed by atoms with E-state index in [9.17, 15) is 4.79 Å². The van der Waals surface area contributed by atoms with Crippen molar-refractivity contribution in [2.24, 2.45) is 0 Å². The van der Waals surface area contributed by atoms with Gasteiger partial charge in [-0.25, -0.2) is 0 Å². The average Bonchev–Trinajstić information content (AvgIpc) is 2.45. The maximum absolute atomic E-state index is 12.2. The Hall–Kier alpha value is -0.750. The predicted molar refractivity (Wildman–Crippen MR) is 97.0 cm³/mol. The smallest absolute Gasteiger partial charge is 0.265 e. The number of nitrogens with one attached hydrogen (secondary N) is 1. The first-order valence-electron chi connectivity index (χ1n) is 6.24. The number of benzene rings is 2. The Labute approximate surface area is 155 Å². The third kappa shape index (κ3) is 4.62. The van der Waals surface area contributed by atoms with E-state index in [1.54, 1.807) is 31.2 Å². The topological polar surface area (TPSA) is 38.3 Å². The lowest BCUT2D eigenvalue weighted by Gasteiger charge is -2.16. The van der Waals surface area contributed by atoms with Gasteiger partial charge in [-0.3, -0.25) is 4.79 Å². The molecule has 0 saturated heterocycles. The van der Waals surface area contributed by atoms with Crippen LogP contribution in [0.2, 0.25) is 10.0 Å². The minimum atomic E-state index is -0.701. The van der Waals surface area contributed by atoms with Crippen molar-refractivity contribution in [1.82, 2.24) is 0 Å². The second-order valence-electron chi connectivity index (χ2n) is 4.45. The molecule has 1 N–H and O–H groups in total. The maximum atomic E-state index is 12.2. The molecule has 0 bridgehead atoms. The monoisotopic (exact) mass is 465 g/mol. The first-order valence-corrected chi connectivity index (χ1v) is 8.58. The van der Waals surface area contributed by atoms with E-state index in [1.807, 2.05) is 12.1 Å². The molecule has 1 atom stereocenters. The first-order chi connectivity index (χ1) is 10.4. The molecular formula is C15H11Br2Cl2NO2. The molecule has 116 valence electrons. The third-order valence-electron chi connectivity index (χ3n) is 2.75. The SMILES string of the molecule is CC(Oc1ccc(Br)cc1Br)C(=O)Nc1cc(Cl)ccc1Cl. The Bertz CT molecular complexity index is 710. The maximum Gasteiger partial charge on any atom is 0.265 e. The van der Waals surface area contributed by atoms with Crippen LogP contribution in [0.15, 0.2) is 45.3 Å². The molecule has 3 nitrogen and oxygen atoms in total. The van der Waals surface area contributed by atoms with Gasteiger partial charge in [-0.05, 0) is 59.3 Å². The second kappa shape index (κ2) is 7.68. The van der Waals surface area contributed by atoms with Crippen LogP contribution in [0.3, 0.4) is 0 Å². The molecule has 0 spiro atoms. The number of halogens is 4. The van der Waals surface area contributed by atoms with Gasteiger partial charge < -0.3 is 10.1 Å². The summed E-state index contributed by atoms with van der Waals surface area (Å²) in [5.74, 6) is 0.252. The second-order valence-corrected chi connectivity index (χ2v) is 7.06. The molecule has 0 aliphatic carbocycles. The van der Waals surface area contributed by atoms with E-state index in [4.69, 9.17) is 27.9 Å². The molecule has 22 heavy (non-hydrogen) atoms. The van der Waals surface area contributed by atoms with Gasteiger partial charge in [-0.2, -0.15) is 0 Å². The summed E-state index contributed by atoms with van der Waals surface area (Å²) < 4.78 is 7.31. The van der Waals surface area contributed by atoms with Gasteiger partial charge in [-0.1, -0.05) is 39.1 Å². The van der Waals surface area contributed by atoms with Crippen molar-refractivity contribution in [3.05, 3.63) is 55.4 Å². The molecular weight excluding hydrogens is 457 g/mol. The quantitative estimate of drug-likeness (QED) is 0.605. The number of rotatable bonds is 4. The van der Waals surface area contributed by atoms with Crippen molar-refractivity contribution in [2.45, 2.75) is 13.0 Å². The zero-order valence-corrected chi connectivity index (χ0v) is 16.1. The number of hydrogen-bond donors (Lipinski definition) is 1. The van der Waals surface area contributed by atoms with Crippen LogP contribution in [0.5, 0.6) is 5.75 Å². The van der Waals surface area contributed by atoms with Crippen LogP contribution in [0.4, 0.5) is 5.69 Å². The van der Waals surface area contributed by atoms with E-state index in [0.717, 1.165) is 8.95 Å². The number of carbonyl (C=O) groups is 1. The van der Waals surface area contributed by atoms with Gasteiger partial charge in [0.15, 0.2) is 6.10 Å². The Kier molecular flexibility index (Phi) is 6.15. The largest absolute Gasteiger partial charge is 0.480 e. The van der Waals surface area contributed by atoms with E-state index in [0.29, 0.717) is 21.5 Å². The van der Waals surface area contributed by atoms with Crippen LogP contribution in [0.1, 0.15) is 6.92 Å². The summed E-state index contributed by atoms with van der Waals surface area (Å²) >= 11 is 18.7. The Morgan fingerprint density at radius 3 is 2.59 bits per heavy atom. The average molecular weight is 468 g/mol. The van der Waals surface area contributed by atoms with Crippen molar-refractivity contribution in [2.75, 3.05) is 5.32 Å². The van der Waals surface area contributed by atoms with E-state index in [2.05, 4.69) is 37.2 Å². The highest BCUT2D eigenvalue weighted by Crippen LogP contribution is 2.29. The predicted octanol–water partition coefficient (Wildman–Crippen LogP) is 5.92. The van der Waals surface area contributed by atoms with E-state index < -0.39 is 6.10 Å². The molecule has 1 amide bonds. The molecule has 0 radical (unpaired) electrons. The van der Waals surface area contributed by atoms with Crippen molar-refractivity contribution in [3.63, 3.8) is 0 Å². The van der Waals surface area contributed by atoms with E-state index in [-0.39, 0.29) is 5.91 Å². The summed E-state index contributed by atoms with van der Waals surface area (Å²) in [6.45, 7) is 1.66. The summed E-state index contributed by atoms with van der Waals surface area (Å²) in [6, 6.07) is 10.3. The number of ether oxygens (including phenoxy) is 1. The van der Waals surface area contributed by atoms with Crippen LogP contribution in [0, 0.1) is 0 Å². The van der Waals surface area contributed by atoms with Gasteiger partial charge in [0.25, 0.3) is 5.91 Å². The molecule has 2 aromatic rings. The fraction of sp³-hybridized carbons (Fsp3) is 0.133. The lowest BCUT2D eigenvalue weighted by molar-refractivity contribution is -0.122. The zero-order chi connectivity index (χ0) is 16.3. The number of amides is 1. The summed E-state index contributed by atoms with van der Waals surface area (Å²) in [5.41, 5.74) is 0.449. The lowest BCUT2D eigenvalue weighted by Crippen LogP contribution is -2.30. The summed E-state index contributed by atoms with van der Waals surface area (Å²) in [4.78, 5) is 12.2. The molecule has 0 aliphatic rings. The summed E-state index contributed by atoms with van der Waals surface area (Å²) in [7, 11) is 0. The van der Waals surface area contributed by atoms with Crippen LogP contribution in [-0.4, -0.2) is 12.0 Å². The Morgan fingerprint density at radius 1 is 1.18 bits per heavy atom. The molecule has 1 unspecified atom stereocenters. The van der Waals surface area contributed by atoms with E-state index in [1.165, 1.54) is 0 Å². The van der Waals surface area contributed by atoms with Crippen LogP contribution in [0.25, 0.3) is 0 Å². The fourth-order valence-corrected chi connectivity index (χ4v) is 3.12. The normalized spacial score (nSPS) is 11.9. The standard InChI is InChI=1S/C15H11Br2Cl2NO2/c1-8(22-14-5-2-9(16)6-11(14)17)15(21)20-13-7-10(18)3-4-12(13)19/h2-8H,1H3,(H,20,21). The third-order valence-corrected chi connectivity index (χ3v) is 4.43. The fourth-order valence-electron chi connectivity index (χ4n) is 1.64. The van der Waals surface area contributed by atoms with Crippen molar-refractivity contribution in [1.29, 1.82) is 0 Å². The van der Waals surface area contributed by atoms with Crippen LogP contribution in [-0.2, 0) is 4.79 Å². The van der Waals surface area contributed by atoms with Gasteiger partial charge in [0, 0.05) is 9.50 Å². The van der Waals surface area contributed by atoms with Crippen LogP contribution < -0.4 is 10.1 Å². The Balaban J connectivity index is 2.07. The van der Waals surface area contributed by atoms with E-state index >= 15 is 0 Å². The zero-order valence-electron chi connectivity index (χ0n) is 11.4. The molecule has 2 aromatic carbocycles. The number of hydrogen-bond acceptors (Lipinski definition) is 2. The molecule has 0 fully saturated rings. The minimum Gasteiger partial charge on any atom is -0.480 e. The van der Waals surface area contributed by atoms with Crippen molar-refractivity contribution < 1.29 is 9.53 Å². The van der Waals surface area contributed by atoms with Gasteiger partial charge >= 0.3 is 0 Å². The van der Waals surface area contributed by atoms with Crippen molar-refractivity contribution in [3.8, 4) is 5.75 Å². The van der Waals surface area contributed by atoms with Gasteiger partial charge in [-0.15, -0.1) is 0 Å². The first kappa shape index (κ1) is 17.6. The number of carbonyl (C=O) groups excluding carboxylic acids is 1. The molecule has 0 aromatic heterocycles. The van der Waals surface area contributed by atoms with Gasteiger partial charge in [0.2, 0.25) is 0 Å². The summed E-state index contributed by atoms with van der Waals surface area (Å²) in [5, 5.41) is 3.60. The highest BCUT2D eigenvalue weighted by Gasteiger charge is 2.17.